The molecular formula is C38H44N6O5S. The first-order valence-electron chi connectivity index (χ1n) is 17.2. The summed E-state index contributed by atoms with van der Waals surface area (Å²) in [6.07, 6.45) is 6.66. The molecule has 1 aliphatic heterocycles. The fourth-order valence-corrected chi connectivity index (χ4v) is 7.86. The van der Waals surface area contributed by atoms with Gasteiger partial charge < -0.3 is 14.1 Å². The fourth-order valence-electron chi connectivity index (χ4n) is 6.87. The first-order valence-corrected chi connectivity index (χ1v) is 18.6. The van der Waals surface area contributed by atoms with Gasteiger partial charge in [-0.15, -0.1) is 0 Å². The van der Waals surface area contributed by atoms with Gasteiger partial charge in [0.1, 0.15) is 17.9 Å². The molecule has 1 aliphatic carbocycles. The van der Waals surface area contributed by atoms with Crippen LogP contribution in [0.25, 0.3) is 22.5 Å². The van der Waals surface area contributed by atoms with Gasteiger partial charge in [0.25, 0.3) is 15.9 Å². The van der Waals surface area contributed by atoms with Crippen molar-refractivity contribution in [1.82, 2.24) is 24.8 Å². The molecule has 0 spiro atoms. The molecule has 4 bridgehead atoms. The predicted octanol–water partition coefficient (Wildman–Crippen LogP) is 7.84. The Hall–Kier alpha value is -4.84. The maximum Gasteiger partial charge on any atom is 0.264 e. The number of benzene rings is 2. The van der Waals surface area contributed by atoms with Gasteiger partial charge in [-0.25, -0.2) is 28.1 Å². The Bertz CT molecular complexity index is 2180. The lowest BCUT2D eigenvalue weighted by molar-refractivity contribution is 0.0501. The Kier molecular flexibility index (Phi) is 8.83. The number of rotatable bonds is 7. The zero-order valence-corrected chi connectivity index (χ0v) is 29.9. The van der Waals surface area contributed by atoms with Crippen molar-refractivity contribution in [2.45, 2.75) is 90.1 Å². The maximum absolute atomic E-state index is 14.6. The second-order valence-corrected chi connectivity index (χ2v) is 16.0. The van der Waals surface area contributed by atoms with E-state index in [0.717, 1.165) is 41.7 Å². The van der Waals surface area contributed by atoms with Crippen molar-refractivity contribution in [3.05, 3.63) is 88.9 Å². The van der Waals surface area contributed by atoms with E-state index in [1.165, 1.54) is 18.6 Å². The molecule has 262 valence electrons. The van der Waals surface area contributed by atoms with E-state index in [0.29, 0.717) is 29.0 Å². The predicted molar refractivity (Wildman–Crippen MR) is 193 cm³/mol. The molecule has 0 saturated heterocycles. The highest BCUT2D eigenvalue weighted by atomic mass is 32.2. The van der Waals surface area contributed by atoms with Gasteiger partial charge in [-0.2, -0.15) is 4.98 Å². The van der Waals surface area contributed by atoms with Gasteiger partial charge in [0.15, 0.2) is 0 Å². The average molecular weight is 697 g/mol. The molecule has 1 fully saturated rings. The molecule has 1 atom stereocenters. The third kappa shape index (κ3) is 6.81. The summed E-state index contributed by atoms with van der Waals surface area (Å²) < 4.78 is 42.4. The van der Waals surface area contributed by atoms with Crippen molar-refractivity contribution in [3.63, 3.8) is 0 Å². The third-order valence-electron chi connectivity index (χ3n) is 10.0. The monoisotopic (exact) mass is 696 g/mol. The molecule has 50 heavy (non-hydrogen) atoms. The first-order chi connectivity index (χ1) is 23.9. The maximum atomic E-state index is 14.6. The van der Waals surface area contributed by atoms with Crippen LogP contribution in [-0.2, 0) is 16.6 Å². The van der Waals surface area contributed by atoms with E-state index in [2.05, 4.69) is 26.6 Å². The molecule has 0 unspecified atom stereocenters. The second kappa shape index (κ2) is 13.1. The number of fused-ring (bicyclic) bond motifs is 5. The number of amides is 1. The van der Waals surface area contributed by atoms with Gasteiger partial charge in [-0.05, 0) is 74.3 Å². The molecule has 1 saturated carbocycles. The number of aromatic nitrogens is 4. The normalized spacial score (nSPS) is 18.4. The van der Waals surface area contributed by atoms with Crippen LogP contribution in [0.4, 0.5) is 5.95 Å². The summed E-state index contributed by atoms with van der Waals surface area (Å²) >= 11 is 0. The zero-order chi connectivity index (χ0) is 35.2. The van der Waals surface area contributed by atoms with Crippen LogP contribution in [0.2, 0.25) is 0 Å². The minimum Gasteiger partial charge on any atom is -0.475 e. The van der Waals surface area contributed by atoms with E-state index < -0.39 is 16.1 Å². The highest BCUT2D eigenvalue weighted by molar-refractivity contribution is 7.92. The molecule has 7 rings (SSSR count). The highest BCUT2D eigenvalue weighted by Crippen LogP contribution is 2.45. The zero-order valence-electron chi connectivity index (χ0n) is 29.1. The molecule has 1 N–H and O–H groups in total. The molecule has 1 amide bonds. The molecule has 2 aliphatic rings. The van der Waals surface area contributed by atoms with E-state index in [1.54, 1.807) is 29.3 Å². The van der Waals surface area contributed by atoms with Crippen molar-refractivity contribution >= 4 is 33.1 Å². The Morgan fingerprint density at radius 1 is 1.04 bits per heavy atom. The minimum atomic E-state index is -4.18. The third-order valence-corrected chi connectivity index (χ3v) is 11.4. The second-order valence-electron chi connectivity index (χ2n) is 14.3. The van der Waals surface area contributed by atoms with Gasteiger partial charge >= 0.3 is 0 Å². The Morgan fingerprint density at radius 2 is 1.80 bits per heavy atom. The molecule has 5 aromatic rings. The van der Waals surface area contributed by atoms with Crippen LogP contribution in [0.5, 0.6) is 5.88 Å². The van der Waals surface area contributed by atoms with Crippen LogP contribution < -0.4 is 9.46 Å². The van der Waals surface area contributed by atoms with Crippen molar-refractivity contribution in [2.24, 2.45) is 5.41 Å². The number of aryl methyl sites for hydroxylation is 2. The van der Waals surface area contributed by atoms with Crippen LogP contribution in [0.3, 0.4) is 0 Å². The fraction of sp³-hybridized carbons (Fsp3) is 0.395. The van der Waals surface area contributed by atoms with E-state index in [1.807, 2.05) is 52.0 Å². The number of carbonyl (C=O) groups is 1. The molecule has 0 radical (unpaired) electrons. The van der Waals surface area contributed by atoms with E-state index >= 15 is 0 Å². The van der Waals surface area contributed by atoms with Crippen molar-refractivity contribution < 1.29 is 23.8 Å². The lowest BCUT2D eigenvalue weighted by Crippen LogP contribution is -2.44. The average Bonchev–Trinajstić information content (AvgIpc) is 3.50. The smallest absolute Gasteiger partial charge is 0.264 e. The largest absolute Gasteiger partial charge is 0.475 e. The van der Waals surface area contributed by atoms with Gasteiger partial charge in [-0.3, -0.25) is 4.79 Å². The molecule has 12 heteroatoms. The van der Waals surface area contributed by atoms with Gasteiger partial charge in [0, 0.05) is 30.6 Å². The summed E-state index contributed by atoms with van der Waals surface area (Å²) in [7, 11) is -4.18. The number of ether oxygens (including phenoxy) is 1. The summed E-state index contributed by atoms with van der Waals surface area (Å²) in [6.45, 7) is 10.6. The number of nitrogens with one attached hydrogen (secondary N) is 1. The number of anilines is 1. The number of carbonyl (C=O) groups excluding carboxylic acids is 1. The summed E-state index contributed by atoms with van der Waals surface area (Å²) in [6, 6.07) is 15.2. The van der Waals surface area contributed by atoms with Crippen molar-refractivity contribution in [1.29, 1.82) is 0 Å². The minimum absolute atomic E-state index is 0. The topological polar surface area (TPSA) is 140 Å². The van der Waals surface area contributed by atoms with E-state index in [4.69, 9.17) is 14.1 Å². The van der Waals surface area contributed by atoms with Gasteiger partial charge in [-0.1, -0.05) is 51.5 Å². The number of furan rings is 1. The number of nitrogens with zero attached hydrogens (tertiary/aromatic N) is 5. The lowest BCUT2D eigenvalue weighted by Gasteiger charge is -2.41. The van der Waals surface area contributed by atoms with Crippen LogP contribution in [0.15, 0.2) is 70.1 Å². The molecule has 2 aromatic carbocycles. The summed E-state index contributed by atoms with van der Waals surface area (Å²) in [5.41, 5.74) is 5.42. The molecular weight excluding hydrogens is 653 g/mol. The van der Waals surface area contributed by atoms with Crippen molar-refractivity contribution in [2.75, 3.05) is 11.3 Å². The molecule has 4 heterocycles. The van der Waals surface area contributed by atoms with Crippen LogP contribution in [0, 0.1) is 19.3 Å². The van der Waals surface area contributed by atoms with Gasteiger partial charge in [0.05, 0.1) is 35.1 Å². The van der Waals surface area contributed by atoms with Crippen LogP contribution in [-0.4, -0.2) is 51.8 Å². The van der Waals surface area contributed by atoms with Crippen LogP contribution >= 0.6 is 0 Å². The Balaban J connectivity index is 0.00000448. The van der Waals surface area contributed by atoms with E-state index in [9.17, 15) is 13.2 Å². The summed E-state index contributed by atoms with van der Waals surface area (Å²) in [5, 5.41) is 0. The first kappa shape index (κ1) is 33.6. The molecule has 11 nitrogen and oxygen atoms in total. The van der Waals surface area contributed by atoms with Gasteiger partial charge in [0.2, 0.25) is 17.5 Å². The van der Waals surface area contributed by atoms with Crippen LogP contribution in [0.1, 0.15) is 93.2 Å². The summed E-state index contributed by atoms with van der Waals surface area (Å²) in [5.74, 6) is 0.705. The quantitative estimate of drug-likeness (QED) is 0.180. The van der Waals surface area contributed by atoms with Crippen molar-refractivity contribution in [3.8, 4) is 17.1 Å². The number of sulfonamides is 1. The van der Waals surface area contributed by atoms with E-state index in [-0.39, 0.29) is 54.1 Å². The number of hydrogen-bond donors (Lipinski definition) is 1. The molecule has 3 aromatic heterocycles. The standard InChI is InChI=1S/C38H42N6O5S.H2/c1-23(2)32-18-31-35(49-32)39-20-27(40-31)21-44-28(13-16-38(5)14-8-15-38)22-48-33-19-30(34-24(3)9-6-10-25(34)4)41-37(42-33)43-50(46,47)29-12-7-11-26(17-29)36(44)45;/h6-7,9-12,17-20,23,28H,8,13-16,21-22H2,1-5H3,(H,41,42,43);1H/t28-;/m1./s1. The summed E-state index contributed by atoms with van der Waals surface area (Å²) in [4.78, 5) is 34.7. The Labute approximate surface area is 294 Å². The Morgan fingerprint density at radius 3 is 2.52 bits per heavy atom. The number of hydrogen-bond acceptors (Lipinski definition) is 9. The SMILES string of the molecule is Cc1cccc(C)c1-c1cc2nc(n1)NS(=O)(=O)c1cccc(c1)C(=O)N(Cc1cnc3oc(C(C)C)cc3n1)[C@H](CCC1(C)CCC1)CO2.[HH]. The highest BCUT2D eigenvalue weighted by Gasteiger charge is 2.35. The lowest BCUT2D eigenvalue weighted by atomic mass is 9.67.